The molecule has 0 atom stereocenters. The van der Waals surface area contributed by atoms with Crippen LogP contribution in [0, 0.1) is 10.5 Å². The van der Waals surface area contributed by atoms with E-state index in [2.05, 4.69) is 27.7 Å². The Balaban J connectivity index is 1.47. The lowest BCUT2D eigenvalue weighted by Gasteiger charge is -2.34. The Morgan fingerprint density at radius 3 is 2.40 bits per heavy atom. The lowest BCUT2D eigenvalue weighted by Crippen LogP contribution is -2.51. The van der Waals surface area contributed by atoms with Crippen molar-refractivity contribution in [1.29, 1.82) is 0 Å². The Morgan fingerprint density at radius 1 is 1.16 bits per heavy atom. The summed E-state index contributed by atoms with van der Waals surface area (Å²) in [6, 6.07) is 9.15. The van der Waals surface area contributed by atoms with E-state index in [9.17, 15) is 9.59 Å². The Kier molecular flexibility index (Phi) is 5.57. The van der Waals surface area contributed by atoms with Crippen LogP contribution in [0.5, 0.6) is 5.75 Å². The van der Waals surface area contributed by atoms with Crippen LogP contribution in [-0.2, 0) is 4.79 Å². The van der Waals surface area contributed by atoms with Crippen LogP contribution in [0.3, 0.4) is 0 Å². The molecule has 0 N–H and O–H groups in total. The van der Waals surface area contributed by atoms with Gasteiger partial charge in [0.15, 0.2) is 6.61 Å². The number of nitrogens with zero attached hydrogens (tertiary/aromatic N) is 3. The molecule has 1 aromatic carbocycles. The number of benzene rings is 1. The van der Waals surface area contributed by atoms with Gasteiger partial charge in [0.05, 0.1) is 5.69 Å². The predicted octanol–water partition coefficient (Wildman–Crippen LogP) is 1.95. The fourth-order valence-corrected chi connectivity index (χ4v) is 2.91. The van der Waals surface area contributed by atoms with E-state index in [1.807, 2.05) is 24.3 Å². The van der Waals surface area contributed by atoms with Crippen LogP contribution in [0.1, 0.15) is 16.2 Å². The van der Waals surface area contributed by atoms with Crippen molar-refractivity contribution in [3.63, 3.8) is 0 Å². The zero-order valence-electron chi connectivity index (χ0n) is 13.8. The van der Waals surface area contributed by atoms with Crippen molar-refractivity contribution < 1.29 is 18.8 Å². The molecule has 1 aliphatic heterocycles. The van der Waals surface area contributed by atoms with Crippen LogP contribution < -0.4 is 4.74 Å². The van der Waals surface area contributed by atoms with E-state index < -0.39 is 0 Å². The molecule has 2 amide bonds. The lowest BCUT2D eigenvalue weighted by atomic mass is 10.2. The number of halogens is 1. The van der Waals surface area contributed by atoms with E-state index in [4.69, 9.17) is 9.26 Å². The number of carbonyl (C=O) groups excluding carboxylic acids is 2. The van der Waals surface area contributed by atoms with Gasteiger partial charge in [0.2, 0.25) is 5.76 Å². The molecule has 7 nitrogen and oxygen atoms in total. The standard InChI is InChI=1S/C17H18IN3O4/c1-12-10-15(25-19-12)17(23)21-8-6-20(7-9-21)16(22)11-24-14-4-2-13(18)3-5-14/h2-5,10H,6-9,11H2,1H3. The quantitative estimate of drug-likeness (QED) is 0.660. The van der Waals surface area contributed by atoms with Gasteiger partial charge in [-0.25, -0.2) is 0 Å². The number of rotatable bonds is 4. The van der Waals surface area contributed by atoms with Crippen molar-refractivity contribution >= 4 is 34.4 Å². The van der Waals surface area contributed by atoms with Gasteiger partial charge in [-0.1, -0.05) is 5.16 Å². The molecule has 3 rings (SSSR count). The van der Waals surface area contributed by atoms with Gasteiger partial charge in [-0.15, -0.1) is 0 Å². The molecule has 0 bridgehead atoms. The first-order valence-electron chi connectivity index (χ1n) is 7.91. The van der Waals surface area contributed by atoms with Crippen molar-refractivity contribution in [3.8, 4) is 5.75 Å². The first kappa shape index (κ1) is 17.7. The van der Waals surface area contributed by atoms with Crippen LogP contribution in [0.4, 0.5) is 0 Å². The number of aromatic nitrogens is 1. The molecule has 25 heavy (non-hydrogen) atoms. The molecule has 1 saturated heterocycles. The molecule has 2 heterocycles. The summed E-state index contributed by atoms with van der Waals surface area (Å²) in [5.41, 5.74) is 0.671. The van der Waals surface area contributed by atoms with Crippen molar-refractivity contribution in [2.75, 3.05) is 32.8 Å². The van der Waals surface area contributed by atoms with Gasteiger partial charge in [0.25, 0.3) is 11.8 Å². The highest BCUT2D eigenvalue weighted by atomic mass is 127. The topological polar surface area (TPSA) is 75.9 Å². The van der Waals surface area contributed by atoms with E-state index in [0.29, 0.717) is 37.6 Å². The summed E-state index contributed by atoms with van der Waals surface area (Å²) in [6.45, 7) is 3.66. The second kappa shape index (κ2) is 7.85. The van der Waals surface area contributed by atoms with E-state index in [-0.39, 0.29) is 24.2 Å². The second-order valence-electron chi connectivity index (χ2n) is 5.75. The fraction of sp³-hybridized carbons (Fsp3) is 0.353. The third-order valence-electron chi connectivity index (χ3n) is 3.93. The molecular weight excluding hydrogens is 437 g/mol. The number of amides is 2. The maximum Gasteiger partial charge on any atom is 0.292 e. The average Bonchev–Trinajstić information content (AvgIpc) is 3.07. The molecule has 8 heteroatoms. The zero-order valence-corrected chi connectivity index (χ0v) is 15.9. The molecule has 0 radical (unpaired) electrons. The third kappa shape index (κ3) is 4.50. The number of ether oxygens (including phenoxy) is 1. The normalized spacial score (nSPS) is 14.5. The van der Waals surface area contributed by atoms with Gasteiger partial charge >= 0.3 is 0 Å². The number of piperazine rings is 1. The molecule has 132 valence electrons. The second-order valence-corrected chi connectivity index (χ2v) is 6.99. The maximum absolute atomic E-state index is 12.3. The highest BCUT2D eigenvalue weighted by Crippen LogP contribution is 2.14. The minimum absolute atomic E-state index is 0.00413. The summed E-state index contributed by atoms with van der Waals surface area (Å²) in [6.07, 6.45) is 0. The largest absolute Gasteiger partial charge is 0.484 e. The number of carbonyl (C=O) groups is 2. The summed E-state index contributed by atoms with van der Waals surface area (Å²) in [5, 5.41) is 3.73. The fourth-order valence-electron chi connectivity index (χ4n) is 2.55. The van der Waals surface area contributed by atoms with Crippen LogP contribution >= 0.6 is 22.6 Å². The average molecular weight is 455 g/mol. The number of hydrogen-bond donors (Lipinski definition) is 0. The van der Waals surface area contributed by atoms with Crippen LogP contribution in [0.15, 0.2) is 34.9 Å². The first-order valence-corrected chi connectivity index (χ1v) is 8.99. The highest BCUT2D eigenvalue weighted by molar-refractivity contribution is 14.1. The number of hydrogen-bond acceptors (Lipinski definition) is 5. The van der Waals surface area contributed by atoms with Crippen LogP contribution in [-0.4, -0.2) is 59.6 Å². The van der Waals surface area contributed by atoms with Gasteiger partial charge in [-0.2, -0.15) is 0 Å². The lowest BCUT2D eigenvalue weighted by molar-refractivity contribution is -0.134. The molecule has 1 aliphatic rings. The van der Waals surface area contributed by atoms with Gasteiger partial charge in [-0.05, 0) is 53.8 Å². The molecule has 0 saturated carbocycles. The molecule has 0 unspecified atom stereocenters. The van der Waals surface area contributed by atoms with Crippen LogP contribution in [0.2, 0.25) is 0 Å². The van der Waals surface area contributed by atoms with Crippen molar-refractivity contribution in [3.05, 3.63) is 45.4 Å². The zero-order chi connectivity index (χ0) is 17.8. The van der Waals surface area contributed by atoms with Crippen molar-refractivity contribution in [1.82, 2.24) is 15.0 Å². The summed E-state index contributed by atoms with van der Waals surface area (Å²) in [4.78, 5) is 27.9. The summed E-state index contributed by atoms with van der Waals surface area (Å²) < 4.78 is 11.6. The molecule has 0 aliphatic carbocycles. The Morgan fingerprint density at radius 2 is 1.80 bits per heavy atom. The van der Waals surface area contributed by atoms with Crippen LogP contribution in [0.25, 0.3) is 0 Å². The van der Waals surface area contributed by atoms with Crippen molar-refractivity contribution in [2.24, 2.45) is 0 Å². The molecule has 1 fully saturated rings. The minimum atomic E-state index is -0.192. The van der Waals surface area contributed by atoms with Gasteiger partial charge in [-0.3, -0.25) is 9.59 Å². The van der Waals surface area contributed by atoms with Gasteiger partial charge in [0, 0.05) is 35.8 Å². The molecular formula is C17H18IN3O4. The Bertz CT molecular complexity index is 752. The molecule has 1 aromatic heterocycles. The van der Waals surface area contributed by atoms with Crippen molar-refractivity contribution in [2.45, 2.75) is 6.92 Å². The monoisotopic (exact) mass is 455 g/mol. The smallest absolute Gasteiger partial charge is 0.292 e. The van der Waals surface area contributed by atoms with Gasteiger partial charge < -0.3 is 19.1 Å². The minimum Gasteiger partial charge on any atom is -0.484 e. The van der Waals surface area contributed by atoms with E-state index in [0.717, 1.165) is 3.57 Å². The first-order chi connectivity index (χ1) is 12.0. The SMILES string of the molecule is Cc1cc(C(=O)N2CCN(C(=O)COc3ccc(I)cc3)CC2)on1. The molecule has 0 spiro atoms. The summed E-state index contributed by atoms with van der Waals surface area (Å²) >= 11 is 2.21. The third-order valence-corrected chi connectivity index (χ3v) is 4.65. The van der Waals surface area contributed by atoms with E-state index in [1.165, 1.54) is 0 Å². The molecule has 2 aromatic rings. The van der Waals surface area contributed by atoms with Gasteiger partial charge in [0.1, 0.15) is 5.75 Å². The summed E-state index contributed by atoms with van der Waals surface area (Å²) in [7, 11) is 0. The Labute approximate surface area is 159 Å². The predicted molar refractivity (Wildman–Crippen MR) is 98.4 cm³/mol. The highest BCUT2D eigenvalue weighted by Gasteiger charge is 2.26. The maximum atomic E-state index is 12.3. The Hall–Kier alpha value is -2.10. The summed E-state index contributed by atoms with van der Waals surface area (Å²) in [5.74, 6) is 0.631. The van der Waals surface area contributed by atoms with E-state index >= 15 is 0 Å². The van der Waals surface area contributed by atoms with E-state index in [1.54, 1.807) is 22.8 Å². The number of aryl methyl sites for hydroxylation is 1.